The molecule has 2 nitrogen and oxygen atoms in total. The molecule has 0 amide bonds. The Balaban J connectivity index is 2.07. The van der Waals surface area contributed by atoms with Gasteiger partial charge in [-0.2, -0.15) is 0 Å². The van der Waals surface area contributed by atoms with Crippen LogP contribution < -0.4 is 5.73 Å². The smallest absolute Gasteiger partial charge is 0.0322 e. The van der Waals surface area contributed by atoms with Gasteiger partial charge in [-0.05, 0) is 38.3 Å². The van der Waals surface area contributed by atoms with E-state index in [2.05, 4.69) is 42.2 Å². The molecule has 1 saturated carbocycles. The number of nitrogens with two attached hydrogens (primary N) is 1. The first-order chi connectivity index (χ1) is 9.33. The average molecular weight is 260 g/mol. The fraction of sp³-hybridized carbons (Fsp3) is 0.647. The number of nitrogens with zero attached hydrogens (tertiary/aromatic N) is 1. The molecule has 106 valence electrons. The van der Waals surface area contributed by atoms with Gasteiger partial charge in [-0.1, -0.05) is 49.6 Å². The van der Waals surface area contributed by atoms with Crippen LogP contribution in [0, 0.1) is 0 Å². The first-order valence-corrected chi connectivity index (χ1v) is 7.83. The number of hydrogen-bond donors (Lipinski definition) is 1. The third-order valence-corrected chi connectivity index (χ3v) is 4.44. The summed E-state index contributed by atoms with van der Waals surface area (Å²) < 4.78 is 0. The van der Waals surface area contributed by atoms with Crippen molar-refractivity contribution in [2.45, 2.75) is 57.5 Å². The van der Waals surface area contributed by atoms with Crippen molar-refractivity contribution >= 4 is 0 Å². The molecule has 0 spiro atoms. The molecule has 1 unspecified atom stereocenters. The van der Waals surface area contributed by atoms with Gasteiger partial charge in [0.1, 0.15) is 0 Å². The van der Waals surface area contributed by atoms with Crippen LogP contribution in [0.3, 0.4) is 0 Å². The Labute approximate surface area is 118 Å². The SMILES string of the molecule is CC(c1ccccc1)N(CCCN)C1CCCCC1. The van der Waals surface area contributed by atoms with Crippen LogP contribution in [0.25, 0.3) is 0 Å². The van der Waals surface area contributed by atoms with Gasteiger partial charge in [0.2, 0.25) is 0 Å². The van der Waals surface area contributed by atoms with E-state index < -0.39 is 0 Å². The Hall–Kier alpha value is -0.860. The molecule has 0 bridgehead atoms. The Kier molecular flexibility index (Phi) is 5.87. The van der Waals surface area contributed by atoms with E-state index in [0.717, 1.165) is 25.6 Å². The van der Waals surface area contributed by atoms with Crippen LogP contribution in [0.15, 0.2) is 30.3 Å². The zero-order chi connectivity index (χ0) is 13.5. The summed E-state index contributed by atoms with van der Waals surface area (Å²) in [5, 5.41) is 0. The topological polar surface area (TPSA) is 29.3 Å². The van der Waals surface area contributed by atoms with Crippen LogP contribution in [-0.2, 0) is 0 Å². The van der Waals surface area contributed by atoms with Gasteiger partial charge in [0, 0.05) is 18.6 Å². The molecule has 1 aromatic rings. The highest BCUT2D eigenvalue weighted by atomic mass is 15.2. The summed E-state index contributed by atoms with van der Waals surface area (Å²) in [6, 6.07) is 12.2. The highest BCUT2D eigenvalue weighted by Gasteiger charge is 2.25. The molecule has 2 rings (SSSR count). The average Bonchev–Trinajstić information content (AvgIpc) is 2.49. The van der Waals surface area contributed by atoms with Crippen LogP contribution in [0.4, 0.5) is 0 Å². The molecular formula is C17H28N2. The molecule has 0 heterocycles. The Morgan fingerprint density at radius 1 is 1.16 bits per heavy atom. The first kappa shape index (κ1) is 14.5. The predicted molar refractivity (Wildman–Crippen MR) is 82.1 cm³/mol. The maximum Gasteiger partial charge on any atom is 0.0322 e. The minimum Gasteiger partial charge on any atom is -0.330 e. The summed E-state index contributed by atoms with van der Waals surface area (Å²) in [5.74, 6) is 0. The lowest BCUT2D eigenvalue weighted by molar-refractivity contribution is 0.111. The molecule has 0 radical (unpaired) electrons. The van der Waals surface area contributed by atoms with Gasteiger partial charge in [0.15, 0.2) is 0 Å². The fourth-order valence-corrected chi connectivity index (χ4v) is 3.30. The van der Waals surface area contributed by atoms with Gasteiger partial charge in [-0.25, -0.2) is 0 Å². The molecule has 1 atom stereocenters. The molecule has 0 aliphatic heterocycles. The molecule has 2 N–H and O–H groups in total. The number of hydrogen-bond acceptors (Lipinski definition) is 2. The van der Waals surface area contributed by atoms with Crippen molar-refractivity contribution < 1.29 is 0 Å². The summed E-state index contributed by atoms with van der Waals surface area (Å²) >= 11 is 0. The summed E-state index contributed by atoms with van der Waals surface area (Å²) in [5.41, 5.74) is 7.15. The van der Waals surface area contributed by atoms with Gasteiger partial charge >= 0.3 is 0 Å². The summed E-state index contributed by atoms with van der Waals surface area (Å²) in [6.07, 6.45) is 8.04. The van der Waals surface area contributed by atoms with Crippen LogP contribution in [0.2, 0.25) is 0 Å². The lowest BCUT2D eigenvalue weighted by atomic mass is 9.92. The third-order valence-electron chi connectivity index (χ3n) is 4.44. The number of benzene rings is 1. The fourth-order valence-electron chi connectivity index (χ4n) is 3.30. The lowest BCUT2D eigenvalue weighted by Crippen LogP contribution is -2.40. The molecule has 19 heavy (non-hydrogen) atoms. The molecule has 0 saturated heterocycles. The van der Waals surface area contributed by atoms with Crippen LogP contribution in [0.1, 0.15) is 57.1 Å². The summed E-state index contributed by atoms with van der Waals surface area (Å²) in [7, 11) is 0. The van der Waals surface area contributed by atoms with Crippen molar-refractivity contribution in [3.63, 3.8) is 0 Å². The van der Waals surface area contributed by atoms with Crippen LogP contribution >= 0.6 is 0 Å². The molecule has 2 heteroatoms. The van der Waals surface area contributed by atoms with Crippen molar-refractivity contribution in [1.29, 1.82) is 0 Å². The third kappa shape index (κ3) is 4.05. The van der Waals surface area contributed by atoms with Crippen molar-refractivity contribution in [2.24, 2.45) is 5.73 Å². The molecule has 1 aliphatic rings. The highest BCUT2D eigenvalue weighted by molar-refractivity contribution is 5.18. The van der Waals surface area contributed by atoms with Gasteiger partial charge in [0.05, 0.1) is 0 Å². The summed E-state index contributed by atoms with van der Waals surface area (Å²) in [6.45, 7) is 4.28. The minimum absolute atomic E-state index is 0.510. The van der Waals surface area contributed by atoms with Crippen LogP contribution in [-0.4, -0.2) is 24.0 Å². The van der Waals surface area contributed by atoms with Crippen LogP contribution in [0.5, 0.6) is 0 Å². The quantitative estimate of drug-likeness (QED) is 0.844. The maximum absolute atomic E-state index is 5.72. The van der Waals surface area contributed by atoms with Gasteiger partial charge in [-0.15, -0.1) is 0 Å². The number of rotatable bonds is 6. The highest BCUT2D eigenvalue weighted by Crippen LogP contribution is 2.30. The molecule has 0 aromatic heterocycles. The van der Waals surface area contributed by atoms with Crippen molar-refractivity contribution in [3.8, 4) is 0 Å². The lowest BCUT2D eigenvalue weighted by Gasteiger charge is -2.39. The van der Waals surface area contributed by atoms with E-state index in [-0.39, 0.29) is 0 Å². The minimum atomic E-state index is 0.510. The van der Waals surface area contributed by atoms with E-state index in [1.54, 1.807) is 0 Å². The Bertz CT molecular complexity index is 344. The van der Waals surface area contributed by atoms with E-state index in [1.807, 2.05) is 0 Å². The van der Waals surface area contributed by atoms with E-state index >= 15 is 0 Å². The second-order valence-electron chi connectivity index (χ2n) is 5.76. The van der Waals surface area contributed by atoms with Crippen molar-refractivity contribution in [1.82, 2.24) is 4.90 Å². The van der Waals surface area contributed by atoms with Crippen molar-refractivity contribution in [3.05, 3.63) is 35.9 Å². The van der Waals surface area contributed by atoms with E-state index in [1.165, 1.54) is 37.7 Å². The van der Waals surface area contributed by atoms with E-state index in [9.17, 15) is 0 Å². The molecule has 1 aliphatic carbocycles. The van der Waals surface area contributed by atoms with Gasteiger partial charge in [0.25, 0.3) is 0 Å². The van der Waals surface area contributed by atoms with Gasteiger partial charge < -0.3 is 5.73 Å². The second-order valence-corrected chi connectivity index (χ2v) is 5.76. The first-order valence-electron chi connectivity index (χ1n) is 7.83. The molecule has 1 fully saturated rings. The van der Waals surface area contributed by atoms with Crippen molar-refractivity contribution in [2.75, 3.05) is 13.1 Å². The predicted octanol–water partition coefficient (Wildman–Crippen LogP) is 3.73. The largest absolute Gasteiger partial charge is 0.330 e. The van der Waals surface area contributed by atoms with Gasteiger partial charge in [-0.3, -0.25) is 4.90 Å². The zero-order valence-corrected chi connectivity index (χ0v) is 12.2. The second kappa shape index (κ2) is 7.66. The maximum atomic E-state index is 5.72. The monoisotopic (exact) mass is 260 g/mol. The zero-order valence-electron chi connectivity index (χ0n) is 12.2. The normalized spacial score (nSPS) is 18.7. The Morgan fingerprint density at radius 2 is 1.84 bits per heavy atom. The summed E-state index contributed by atoms with van der Waals surface area (Å²) in [4.78, 5) is 2.70. The Morgan fingerprint density at radius 3 is 2.47 bits per heavy atom. The standard InChI is InChI=1S/C17H28N2/c1-15(16-9-4-2-5-10-16)19(14-8-13-18)17-11-6-3-7-12-17/h2,4-5,9-10,15,17H,3,6-8,11-14,18H2,1H3. The van der Waals surface area contributed by atoms with E-state index in [0.29, 0.717) is 6.04 Å². The van der Waals surface area contributed by atoms with E-state index in [4.69, 9.17) is 5.73 Å². The molecule has 1 aromatic carbocycles. The molecular weight excluding hydrogens is 232 g/mol.